The molecule has 0 saturated heterocycles. The smallest absolute Gasteiger partial charge is 0.241 e. The number of rotatable bonds is 5. The highest BCUT2D eigenvalue weighted by molar-refractivity contribution is 9.10. The third-order valence-electron chi connectivity index (χ3n) is 3.38. The molecule has 2 atom stereocenters. The van der Waals surface area contributed by atoms with Gasteiger partial charge in [-0.15, -0.1) is 0 Å². The lowest BCUT2D eigenvalue weighted by Crippen LogP contribution is -2.39. The first-order valence-corrected chi connectivity index (χ1v) is 8.21. The molecule has 0 saturated carbocycles. The number of benzene rings is 2. The van der Waals surface area contributed by atoms with Gasteiger partial charge in [0.25, 0.3) is 0 Å². The Hall–Kier alpha value is -1.36. The van der Waals surface area contributed by atoms with Gasteiger partial charge in [-0.25, -0.2) is 0 Å². The molecular weight excluding hydrogens is 364 g/mol. The molecule has 0 aliphatic carbocycles. The summed E-state index contributed by atoms with van der Waals surface area (Å²) in [4.78, 5) is 12.2. The Morgan fingerprint density at radius 2 is 1.64 bits per heavy atom. The van der Waals surface area contributed by atoms with Crippen LogP contribution in [-0.2, 0) is 4.79 Å². The molecule has 2 N–H and O–H groups in total. The molecule has 0 radical (unpaired) electrons. The summed E-state index contributed by atoms with van der Waals surface area (Å²) < 4.78 is 0.980. The molecule has 116 valence electrons. The van der Waals surface area contributed by atoms with Crippen LogP contribution in [-0.4, -0.2) is 11.9 Å². The molecule has 2 aromatic rings. The minimum absolute atomic E-state index is 0.0583. The van der Waals surface area contributed by atoms with Crippen LogP contribution < -0.4 is 10.6 Å². The summed E-state index contributed by atoms with van der Waals surface area (Å²) >= 11 is 9.26. The molecule has 2 aromatic carbocycles. The number of hydrogen-bond donors (Lipinski definition) is 2. The SMILES string of the molecule is C[C@H](N[C@H](C)c1ccc(Cl)cc1)C(=O)Nc1ccc(Br)cc1. The van der Waals surface area contributed by atoms with Gasteiger partial charge in [0.15, 0.2) is 0 Å². The van der Waals surface area contributed by atoms with E-state index in [1.165, 1.54) is 0 Å². The third kappa shape index (κ3) is 4.83. The molecule has 0 unspecified atom stereocenters. The Morgan fingerprint density at radius 1 is 1.05 bits per heavy atom. The van der Waals surface area contributed by atoms with Crippen LogP contribution in [0.1, 0.15) is 25.5 Å². The van der Waals surface area contributed by atoms with Crippen LogP contribution in [0.2, 0.25) is 5.02 Å². The average molecular weight is 382 g/mol. The number of nitrogens with one attached hydrogen (secondary N) is 2. The van der Waals surface area contributed by atoms with Crippen LogP contribution in [0, 0.1) is 0 Å². The predicted octanol–water partition coefficient (Wildman–Crippen LogP) is 4.78. The molecule has 5 heteroatoms. The van der Waals surface area contributed by atoms with E-state index < -0.39 is 0 Å². The number of hydrogen-bond acceptors (Lipinski definition) is 2. The van der Waals surface area contributed by atoms with Gasteiger partial charge >= 0.3 is 0 Å². The molecule has 3 nitrogen and oxygen atoms in total. The van der Waals surface area contributed by atoms with Crippen LogP contribution in [0.5, 0.6) is 0 Å². The number of carbonyl (C=O) groups is 1. The number of carbonyl (C=O) groups excluding carboxylic acids is 1. The normalized spacial score (nSPS) is 13.5. The molecule has 0 bridgehead atoms. The summed E-state index contributed by atoms with van der Waals surface area (Å²) in [6.45, 7) is 3.87. The van der Waals surface area contributed by atoms with Crippen molar-refractivity contribution in [3.63, 3.8) is 0 Å². The maximum absolute atomic E-state index is 12.2. The Bertz CT molecular complexity index is 628. The van der Waals surface area contributed by atoms with E-state index in [0.29, 0.717) is 5.02 Å². The van der Waals surface area contributed by atoms with Gasteiger partial charge in [-0.2, -0.15) is 0 Å². The maximum Gasteiger partial charge on any atom is 0.241 e. The summed E-state index contributed by atoms with van der Waals surface area (Å²) in [5.41, 5.74) is 1.87. The van der Waals surface area contributed by atoms with Gasteiger partial charge in [-0.1, -0.05) is 39.7 Å². The molecule has 0 aliphatic rings. The standard InChI is InChI=1S/C17H18BrClN2O/c1-11(13-3-7-15(19)8-4-13)20-12(2)17(22)21-16-9-5-14(18)6-10-16/h3-12,20H,1-2H3,(H,21,22)/t11-,12+/m1/s1. The van der Waals surface area contributed by atoms with Gasteiger partial charge in [0, 0.05) is 21.2 Å². The van der Waals surface area contributed by atoms with Crippen molar-refractivity contribution in [2.24, 2.45) is 0 Å². The average Bonchev–Trinajstić information content (AvgIpc) is 2.50. The topological polar surface area (TPSA) is 41.1 Å². The predicted molar refractivity (Wildman–Crippen MR) is 95.2 cm³/mol. The van der Waals surface area contributed by atoms with Crippen molar-refractivity contribution < 1.29 is 4.79 Å². The van der Waals surface area contributed by atoms with Crippen LogP contribution >= 0.6 is 27.5 Å². The van der Waals surface area contributed by atoms with Gasteiger partial charge in [0.2, 0.25) is 5.91 Å². The highest BCUT2D eigenvalue weighted by Crippen LogP contribution is 2.17. The fourth-order valence-corrected chi connectivity index (χ4v) is 2.47. The van der Waals surface area contributed by atoms with Gasteiger partial charge in [-0.05, 0) is 55.8 Å². The Balaban J connectivity index is 1.93. The van der Waals surface area contributed by atoms with E-state index in [0.717, 1.165) is 15.7 Å². The molecule has 0 spiro atoms. The quantitative estimate of drug-likeness (QED) is 0.782. The van der Waals surface area contributed by atoms with Crippen LogP contribution in [0.4, 0.5) is 5.69 Å². The van der Waals surface area contributed by atoms with Crippen molar-refractivity contribution in [1.82, 2.24) is 5.32 Å². The first-order valence-electron chi connectivity index (χ1n) is 7.03. The van der Waals surface area contributed by atoms with E-state index in [-0.39, 0.29) is 18.0 Å². The number of halogens is 2. The van der Waals surface area contributed by atoms with E-state index in [1.54, 1.807) is 0 Å². The van der Waals surface area contributed by atoms with E-state index in [9.17, 15) is 4.79 Å². The van der Waals surface area contributed by atoms with Gasteiger partial charge in [0.05, 0.1) is 6.04 Å². The second-order valence-electron chi connectivity index (χ2n) is 5.16. The van der Waals surface area contributed by atoms with E-state index >= 15 is 0 Å². The lowest BCUT2D eigenvalue weighted by molar-refractivity contribution is -0.117. The summed E-state index contributed by atoms with van der Waals surface area (Å²) in [6, 6.07) is 14.9. The first kappa shape index (κ1) is 17.0. The lowest BCUT2D eigenvalue weighted by Gasteiger charge is -2.20. The Kier molecular flexibility index (Phi) is 6.00. The molecule has 2 rings (SSSR count). The highest BCUT2D eigenvalue weighted by atomic mass is 79.9. The zero-order valence-corrected chi connectivity index (χ0v) is 14.8. The molecule has 0 fully saturated rings. The summed E-state index contributed by atoms with van der Waals surface area (Å²) in [6.07, 6.45) is 0. The van der Waals surface area contributed by atoms with Gasteiger partial charge < -0.3 is 5.32 Å². The summed E-state index contributed by atoms with van der Waals surface area (Å²) in [7, 11) is 0. The number of amides is 1. The van der Waals surface area contributed by atoms with E-state index in [4.69, 9.17) is 11.6 Å². The van der Waals surface area contributed by atoms with Crippen LogP contribution in [0.25, 0.3) is 0 Å². The second-order valence-corrected chi connectivity index (χ2v) is 6.51. The zero-order chi connectivity index (χ0) is 16.1. The first-order chi connectivity index (χ1) is 10.5. The molecular formula is C17H18BrClN2O. The minimum Gasteiger partial charge on any atom is -0.325 e. The van der Waals surface area contributed by atoms with Crippen molar-refractivity contribution in [2.45, 2.75) is 25.9 Å². The Morgan fingerprint density at radius 3 is 2.23 bits per heavy atom. The fraction of sp³-hybridized carbons (Fsp3) is 0.235. The third-order valence-corrected chi connectivity index (χ3v) is 4.16. The summed E-state index contributed by atoms with van der Waals surface area (Å²) in [5.74, 6) is -0.0665. The van der Waals surface area contributed by atoms with E-state index in [1.807, 2.05) is 62.4 Å². The van der Waals surface area contributed by atoms with Gasteiger partial charge in [-0.3, -0.25) is 10.1 Å². The molecule has 0 aromatic heterocycles. The largest absolute Gasteiger partial charge is 0.325 e. The van der Waals surface area contributed by atoms with Crippen LogP contribution in [0.3, 0.4) is 0 Å². The van der Waals surface area contributed by atoms with Crippen molar-refractivity contribution in [1.29, 1.82) is 0 Å². The van der Waals surface area contributed by atoms with E-state index in [2.05, 4.69) is 26.6 Å². The molecule has 0 aliphatic heterocycles. The minimum atomic E-state index is -0.311. The van der Waals surface area contributed by atoms with Crippen molar-refractivity contribution in [3.05, 3.63) is 63.6 Å². The zero-order valence-electron chi connectivity index (χ0n) is 12.4. The molecule has 1 amide bonds. The maximum atomic E-state index is 12.2. The highest BCUT2D eigenvalue weighted by Gasteiger charge is 2.16. The number of anilines is 1. The fourth-order valence-electron chi connectivity index (χ4n) is 2.08. The van der Waals surface area contributed by atoms with Crippen molar-refractivity contribution in [2.75, 3.05) is 5.32 Å². The summed E-state index contributed by atoms with van der Waals surface area (Å²) in [5, 5.41) is 6.88. The molecule has 0 heterocycles. The van der Waals surface area contributed by atoms with Crippen LogP contribution in [0.15, 0.2) is 53.0 Å². The van der Waals surface area contributed by atoms with Crippen molar-refractivity contribution >= 4 is 39.1 Å². The monoisotopic (exact) mass is 380 g/mol. The van der Waals surface area contributed by atoms with Gasteiger partial charge in [0.1, 0.15) is 0 Å². The lowest BCUT2D eigenvalue weighted by atomic mass is 10.1. The molecule has 22 heavy (non-hydrogen) atoms. The Labute approximate surface area is 144 Å². The second kappa shape index (κ2) is 7.77. The van der Waals surface area contributed by atoms with Crippen molar-refractivity contribution in [3.8, 4) is 0 Å².